The highest BCUT2D eigenvalue weighted by molar-refractivity contribution is 5.67. The number of rotatable bonds is 2. The van der Waals surface area contributed by atoms with Crippen LogP contribution in [0.2, 0.25) is 0 Å². The number of nitrogens with zero attached hydrogens (tertiary/aromatic N) is 2. The minimum atomic E-state index is -0.465. The van der Waals surface area contributed by atoms with Gasteiger partial charge in [0.1, 0.15) is 11.4 Å². The number of hydrogen-bond donors (Lipinski definition) is 2. The number of ether oxygens (including phenoxy) is 1. The maximum absolute atomic E-state index is 11.6. The molecule has 1 aromatic heterocycles. The first kappa shape index (κ1) is 13.6. The molecular weight excluding hydrogens is 244 g/mol. The molecule has 2 heterocycles. The number of aromatic nitrogens is 2. The van der Waals surface area contributed by atoms with Crippen molar-refractivity contribution in [2.45, 2.75) is 32.8 Å². The van der Waals surface area contributed by atoms with Gasteiger partial charge in [0.2, 0.25) is 0 Å². The SMILES string of the molecule is CC(C)(C)OC(=O)NCC1CNc2nccnc2C1. The molecular formula is C13H20N4O2. The van der Waals surface area contributed by atoms with Crippen LogP contribution >= 0.6 is 0 Å². The molecule has 1 unspecified atom stereocenters. The van der Waals surface area contributed by atoms with Crippen molar-refractivity contribution in [2.75, 3.05) is 18.4 Å². The van der Waals surface area contributed by atoms with E-state index in [0.29, 0.717) is 12.5 Å². The van der Waals surface area contributed by atoms with Gasteiger partial charge in [-0.25, -0.2) is 9.78 Å². The van der Waals surface area contributed by atoms with Crippen molar-refractivity contribution in [1.29, 1.82) is 0 Å². The molecule has 1 amide bonds. The molecule has 6 heteroatoms. The van der Waals surface area contributed by atoms with E-state index in [2.05, 4.69) is 20.6 Å². The summed E-state index contributed by atoms with van der Waals surface area (Å²) in [6, 6.07) is 0. The molecule has 6 nitrogen and oxygen atoms in total. The smallest absolute Gasteiger partial charge is 0.407 e. The van der Waals surface area contributed by atoms with Gasteiger partial charge in [-0.1, -0.05) is 0 Å². The predicted octanol–water partition coefficient (Wildman–Crippen LogP) is 1.59. The number of alkyl carbamates (subject to hydrolysis) is 1. The molecule has 104 valence electrons. The minimum absolute atomic E-state index is 0.303. The Morgan fingerprint density at radius 3 is 2.95 bits per heavy atom. The van der Waals surface area contributed by atoms with Crippen molar-refractivity contribution < 1.29 is 9.53 Å². The molecule has 0 saturated carbocycles. The molecule has 0 aliphatic carbocycles. The average Bonchev–Trinajstić information content (AvgIpc) is 2.34. The number of fused-ring (bicyclic) bond motifs is 1. The maximum Gasteiger partial charge on any atom is 0.407 e. The standard InChI is InChI=1S/C13H20N4O2/c1-13(2,3)19-12(18)17-8-9-6-10-11(16-7-9)15-5-4-14-10/h4-5,9H,6-8H2,1-3H3,(H,15,16)(H,17,18). The molecule has 0 spiro atoms. The first-order valence-electron chi connectivity index (χ1n) is 6.44. The summed E-state index contributed by atoms with van der Waals surface area (Å²) in [6.45, 7) is 6.89. The van der Waals surface area contributed by atoms with Crippen LogP contribution in [0.3, 0.4) is 0 Å². The lowest BCUT2D eigenvalue weighted by molar-refractivity contribution is 0.0519. The van der Waals surface area contributed by atoms with Crippen LogP contribution in [0.25, 0.3) is 0 Å². The quantitative estimate of drug-likeness (QED) is 0.848. The lowest BCUT2D eigenvalue weighted by atomic mass is 10.00. The van der Waals surface area contributed by atoms with E-state index >= 15 is 0 Å². The van der Waals surface area contributed by atoms with E-state index in [9.17, 15) is 4.79 Å². The van der Waals surface area contributed by atoms with Crippen LogP contribution in [0, 0.1) is 5.92 Å². The van der Waals surface area contributed by atoms with Crippen LogP contribution in [-0.2, 0) is 11.2 Å². The predicted molar refractivity (Wildman–Crippen MR) is 72.0 cm³/mol. The fraction of sp³-hybridized carbons (Fsp3) is 0.615. The molecule has 2 N–H and O–H groups in total. The molecule has 2 rings (SSSR count). The van der Waals surface area contributed by atoms with Crippen LogP contribution in [-0.4, -0.2) is 34.8 Å². The summed E-state index contributed by atoms with van der Waals surface area (Å²) < 4.78 is 5.20. The Hall–Kier alpha value is -1.85. The van der Waals surface area contributed by atoms with Crippen LogP contribution in [0.15, 0.2) is 12.4 Å². The third-order valence-corrected chi connectivity index (χ3v) is 2.75. The van der Waals surface area contributed by atoms with Gasteiger partial charge in [-0.15, -0.1) is 0 Å². The van der Waals surface area contributed by atoms with E-state index in [-0.39, 0.29) is 6.09 Å². The third-order valence-electron chi connectivity index (χ3n) is 2.75. The average molecular weight is 264 g/mol. The first-order valence-corrected chi connectivity index (χ1v) is 6.44. The summed E-state index contributed by atoms with van der Waals surface area (Å²) in [6.07, 6.45) is 3.79. The summed E-state index contributed by atoms with van der Waals surface area (Å²) >= 11 is 0. The second kappa shape index (κ2) is 5.42. The highest BCUT2D eigenvalue weighted by atomic mass is 16.6. The normalized spacial score (nSPS) is 18.2. The number of carbonyl (C=O) groups is 1. The number of hydrogen-bond acceptors (Lipinski definition) is 5. The molecule has 19 heavy (non-hydrogen) atoms. The molecule has 1 aliphatic heterocycles. The highest BCUT2D eigenvalue weighted by Crippen LogP contribution is 2.19. The lowest BCUT2D eigenvalue weighted by Crippen LogP contribution is -2.38. The van der Waals surface area contributed by atoms with Crippen molar-refractivity contribution in [2.24, 2.45) is 5.92 Å². The zero-order valence-electron chi connectivity index (χ0n) is 11.6. The van der Waals surface area contributed by atoms with Crippen LogP contribution < -0.4 is 10.6 Å². The second-order valence-electron chi connectivity index (χ2n) is 5.69. The van der Waals surface area contributed by atoms with Crippen molar-refractivity contribution in [3.05, 3.63) is 18.1 Å². The van der Waals surface area contributed by atoms with E-state index < -0.39 is 5.60 Å². The Kier molecular flexibility index (Phi) is 3.87. The molecule has 0 saturated heterocycles. The van der Waals surface area contributed by atoms with Gasteiger partial charge in [0.05, 0.1) is 5.69 Å². The number of nitrogens with one attached hydrogen (secondary N) is 2. The minimum Gasteiger partial charge on any atom is -0.444 e. The fourth-order valence-corrected chi connectivity index (χ4v) is 1.94. The zero-order chi connectivity index (χ0) is 13.9. The van der Waals surface area contributed by atoms with Gasteiger partial charge < -0.3 is 15.4 Å². The molecule has 0 aromatic carbocycles. The Balaban J connectivity index is 1.81. The van der Waals surface area contributed by atoms with E-state index in [1.165, 1.54) is 0 Å². The van der Waals surface area contributed by atoms with Gasteiger partial charge in [0, 0.05) is 25.5 Å². The summed E-state index contributed by atoms with van der Waals surface area (Å²) in [5.74, 6) is 1.15. The van der Waals surface area contributed by atoms with E-state index in [1.54, 1.807) is 12.4 Å². The Labute approximate surface area is 113 Å². The monoisotopic (exact) mass is 264 g/mol. The molecule has 0 radical (unpaired) electrons. The van der Waals surface area contributed by atoms with Gasteiger partial charge in [0.25, 0.3) is 0 Å². The summed E-state index contributed by atoms with van der Waals surface area (Å²) in [7, 11) is 0. The highest BCUT2D eigenvalue weighted by Gasteiger charge is 2.22. The van der Waals surface area contributed by atoms with Crippen molar-refractivity contribution in [1.82, 2.24) is 15.3 Å². The van der Waals surface area contributed by atoms with E-state index in [0.717, 1.165) is 24.5 Å². The van der Waals surface area contributed by atoms with Crippen molar-refractivity contribution in [3.8, 4) is 0 Å². The van der Waals surface area contributed by atoms with E-state index in [1.807, 2.05) is 20.8 Å². The molecule has 1 aliphatic rings. The fourth-order valence-electron chi connectivity index (χ4n) is 1.94. The second-order valence-corrected chi connectivity index (χ2v) is 5.69. The van der Waals surface area contributed by atoms with Gasteiger partial charge in [-0.3, -0.25) is 4.98 Å². The zero-order valence-corrected chi connectivity index (χ0v) is 11.6. The topological polar surface area (TPSA) is 76.1 Å². The van der Waals surface area contributed by atoms with Gasteiger partial charge in [-0.05, 0) is 33.1 Å². The maximum atomic E-state index is 11.6. The summed E-state index contributed by atoms with van der Waals surface area (Å²) in [4.78, 5) is 20.1. The van der Waals surface area contributed by atoms with Crippen LogP contribution in [0.4, 0.5) is 10.6 Å². The summed E-state index contributed by atoms with van der Waals surface area (Å²) in [5.41, 5.74) is 0.484. The first-order chi connectivity index (χ1) is 8.94. The Morgan fingerprint density at radius 2 is 2.21 bits per heavy atom. The molecule has 0 fully saturated rings. The molecule has 1 atom stereocenters. The van der Waals surface area contributed by atoms with Crippen molar-refractivity contribution >= 4 is 11.9 Å². The number of carbonyl (C=O) groups excluding carboxylic acids is 1. The van der Waals surface area contributed by atoms with Gasteiger partial charge in [0.15, 0.2) is 0 Å². The lowest BCUT2D eigenvalue weighted by Gasteiger charge is -2.25. The van der Waals surface area contributed by atoms with Crippen LogP contribution in [0.1, 0.15) is 26.5 Å². The Bertz CT molecular complexity index is 456. The molecule has 0 bridgehead atoms. The van der Waals surface area contributed by atoms with E-state index in [4.69, 9.17) is 4.74 Å². The third kappa shape index (κ3) is 4.08. The summed E-state index contributed by atoms with van der Waals surface area (Å²) in [5, 5.41) is 6.01. The number of amides is 1. The van der Waals surface area contributed by atoms with Gasteiger partial charge >= 0.3 is 6.09 Å². The Morgan fingerprint density at radius 1 is 1.47 bits per heavy atom. The number of anilines is 1. The van der Waals surface area contributed by atoms with Gasteiger partial charge in [-0.2, -0.15) is 0 Å². The van der Waals surface area contributed by atoms with Crippen molar-refractivity contribution in [3.63, 3.8) is 0 Å². The van der Waals surface area contributed by atoms with Crippen LogP contribution in [0.5, 0.6) is 0 Å². The molecule has 1 aromatic rings. The largest absolute Gasteiger partial charge is 0.444 e.